The van der Waals surface area contributed by atoms with Gasteiger partial charge >= 0.3 is 0 Å². The van der Waals surface area contributed by atoms with Gasteiger partial charge in [0.05, 0.1) is 5.56 Å². The fraction of sp³-hybridized carbons (Fsp3) is 0.579. The zero-order valence-electron chi connectivity index (χ0n) is 14.0. The Kier molecular flexibility index (Phi) is 6.14. The number of piperidine rings is 1. The summed E-state index contributed by atoms with van der Waals surface area (Å²) in [5.74, 6) is 0.588. The minimum atomic E-state index is -0.00272. The van der Waals surface area contributed by atoms with E-state index >= 15 is 0 Å². The normalized spacial score (nSPS) is 20.0. The largest absolute Gasteiger partial charge is 0.349 e. The second kappa shape index (κ2) is 8.32. The molecule has 2 amide bonds. The van der Waals surface area contributed by atoms with E-state index in [0.29, 0.717) is 5.91 Å². The van der Waals surface area contributed by atoms with Crippen molar-refractivity contribution < 1.29 is 9.59 Å². The SMILES string of the molecule is O=C(NC1CCN(C(=O)C2CCCCC2)CC1)c1ccccc1I. The molecule has 0 atom stereocenters. The molecule has 1 heterocycles. The molecule has 0 bridgehead atoms. The number of nitrogens with zero attached hydrogens (tertiary/aromatic N) is 1. The van der Waals surface area contributed by atoms with Crippen molar-refractivity contribution >= 4 is 34.4 Å². The molecule has 0 unspecified atom stereocenters. The first kappa shape index (κ1) is 17.7. The molecule has 1 aromatic carbocycles. The Bertz CT molecular complexity index is 591. The van der Waals surface area contributed by atoms with Gasteiger partial charge in [-0.25, -0.2) is 0 Å². The lowest BCUT2D eigenvalue weighted by molar-refractivity contribution is -0.137. The zero-order valence-corrected chi connectivity index (χ0v) is 16.1. The Hall–Kier alpha value is -1.11. The van der Waals surface area contributed by atoms with Crippen LogP contribution in [0, 0.1) is 9.49 Å². The lowest BCUT2D eigenvalue weighted by atomic mass is 9.87. The van der Waals surface area contributed by atoms with Crippen LogP contribution in [0.25, 0.3) is 0 Å². The Morgan fingerprint density at radius 2 is 1.67 bits per heavy atom. The van der Waals surface area contributed by atoms with Crippen LogP contribution < -0.4 is 5.32 Å². The maximum atomic E-state index is 12.6. The number of benzene rings is 1. The number of likely N-dealkylation sites (tertiary alicyclic amines) is 1. The average Bonchev–Trinajstić information content (AvgIpc) is 2.63. The minimum Gasteiger partial charge on any atom is -0.349 e. The van der Waals surface area contributed by atoms with E-state index < -0.39 is 0 Å². The second-order valence-corrected chi connectivity index (χ2v) is 8.05. The molecule has 130 valence electrons. The highest BCUT2D eigenvalue weighted by molar-refractivity contribution is 14.1. The number of hydrogen-bond acceptors (Lipinski definition) is 2. The summed E-state index contributed by atoms with van der Waals surface area (Å²) in [7, 11) is 0. The van der Waals surface area contributed by atoms with Crippen molar-refractivity contribution in [2.24, 2.45) is 5.92 Å². The van der Waals surface area contributed by atoms with Gasteiger partial charge in [-0.2, -0.15) is 0 Å². The third-order valence-corrected chi connectivity index (χ3v) is 6.16. The van der Waals surface area contributed by atoms with E-state index in [1.807, 2.05) is 29.2 Å². The second-order valence-electron chi connectivity index (χ2n) is 6.89. The molecule has 0 spiro atoms. The monoisotopic (exact) mass is 440 g/mol. The molecule has 5 heteroatoms. The molecule has 1 saturated carbocycles. The minimum absolute atomic E-state index is 0.00272. The van der Waals surface area contributed by atoms with Gasteiger partial charge in [-0.3, -0.25) is 9.59 Å². The van der Waals surface area contributed by atoms with Gasteiger partial charge in [0.1, 0.15) is 0 Å². The summed E-state index contributed by atoms with van der Waals surface area (Å²) in [6, 6.07) is 7.81. The molecular formula is C19H25IN2O2. The summed E-state index contributed by atoms with van der Waals surface area (Å²) in [6.07, 6.45) is 7.48. The standard InChI is InChI=1S/C19H25IN2O2/c20-17-9-5-4-8-16(17)18(23)21-15-10-12-22(13-11-15)19(24)14-6-2-1-3-7-14/h4-5,8-9,14-15H,1-3,6-7,10-13H2,(H,21,23). The summed E-state index contributed by atoms with van der Waals surface area (Å²) < 4.78 is 0.970. The van der Waals surface area contributed by atoms with Crippen molar-refractivity contribution in [2.75, 3.05) is 13.1 Å². The predicted octanol–water partition coefficient (Wildman–Crippen LogP) is 3.59. The number of carbonyl (C=O) groups is 2. The van der Waals surface area contributed by atoms with Gasteiger partial charge in [-0.05, 0) is 60.4 Å². The number of hydrogen-bond donors (Lipinski definition) is 1. The molecule has 1 aliphatic heterocycles. The van der Waals surface area contributed by atoms with Gasteiger partial charge in [0, 0.05) is 28.6 Å². The summed E-state index contributed by atoms with van der Waals surface area (Å²) in [6.45, 7) is 1.54. The summed E-state index contributed by atoms with van der Waals surface area (Å²) in [4.78, 5) is 27.0. The van der Waals surface area contributed by atoms with Crippen LogP contribution in [0.2, 0.25) is 0 Å². The van der Waals surface area contributed by atoms with Crippen LogP contribution in [0.1, 0.15) is 55.3 Å². The summed E-state index contributed by atoms with van der Waals surface area (Å²) in [5, 5.41) is 3.13. The summed E-state index contributed by atoms with van der Waals surface area (Å²) in [5.41, 5.74) is 0.735. The smallest absolute Gasteiger partial charge is 0.252 e. The van der Waals surface area contributed by atoms with Crippen molar-refractivity contribution in [2.45, 2.75) is 51.0 Å². The number of carbonyl (C=O) groups excluding carboxylic acids is 2. The predicted molar refractivity (Wildman–Crippen MR) is 103 cm³/mol. The van der Waals surface area contributed by atoms with Crippen LogP contribution >= 0.6 is 22.6 Å². The van der Waals surface area contributed by atoms with Gasteiger partial charge in [0.15, 0.2) is 0 Å². The first-order valence-corrected chi connectivity index (χ1v) is 10.1. The van der Waals surface area contributed by atoms with Crippen LogP contribution in [0.15, 0.2) is 24.3 Å². The first-order valence-electron chi connectivity index (χ1n) is 8.99. The van der Waals surface area contributed by atoms with E-state index in [0.717, 1.165) is 47.9 Å². The fourth-order valence-electron chi connectivity index (χ4n) is 3.76. The van der Waals surface area contributed by atoms with Crippen LogP contribution in [-0.4, -0.2) is 35.8 Å². The average molecular weight is 440 g/mol. The van der Waals surface area contributed by atoms with Gasteiger partial charge in [0.25, 0.3) is 5.91 Å². The van der Waals surface area contributed by atoms with Crippen LogP contribution in [0.3, 0.4) is 0 Å². The van der Waals surface area contributed by atoms with Gasteiger partial charge in [0.2, 0.25) is 5.91 Å². The maximum Gasteiger partial charge on any atom is 0.252 e. The first-order chi connectivity index (χ1) is 11.6. The highest BCUT2D eigenvalue weighted by Crippen LogP contribution is 2.26. The summed E-state index contributed by atoms with van der Waals surface area (Å²) >= 11 is 2.19. The highest BCUT2D eigenvalue weighted by Gasteiger charge is 2.29. The Morgan fingerprint density at radius 1 is 1.00 bits per heavy atom. The van der Waals surface area contributed by atoms with E-state index in [1.54, 1.807) is 0 Å². The van der Waals surface area contributed by atoms with Gasteiger partial charge in [-0.15, -0.1) is 0 Å². The van der Waals surface area contributed by atoms with E-state index in [4.69, 9.17) is 0 Å². The molecule has 0 aromatic heterocycles. The Labute approximate surface area is 157 Å². The number of halogens is 1. The molecule has 4 nitrogen and oxygen atoms in total. The van der Waals surface area contributed by atoms with E-state index in [9.17, 15) is 9.59 Å². The lowest BCUT2D eigenvalue weighted by Crippen LogP contribution is -2.48. The molecule has 24 heavy (non-hydrogen) atoms. The van der Waals surface area contributed by atoms with Crippen molar-refractivity contribution in [1.29, 1.82) is 0 Å². The molecule has 2 aliphatic rings. The third kappa shape index (κ3) is 4.29. The van der Waals surface area contributed by atoms with Crippen molar-refractivity contribution in [3.63, 3.8) is 0 Å². The van der Waals surface area contributed by atoms with Crippen LogP contribution in [0.5, 0.6) is 0 Å². The van der Waals surface area contributed by atoms with Crippen LogP contribution in [0.4, 0.5) is 0 Å². The highest BCUT2D eigenvalue weighted by atomic mass is 127. The molecule has 2 fully saturated rings. The maximum absolute atomic E-state index is 12.6. The molecule has 1 aromatic rings. The van der Waals surface area contributed by atoms with Gasteiger partial charge < -0.3 is 10.2 Å². The van der Waals surface area contributed by atoms with Crippen molar-refractivity contribution in [3.05, 3.63) is 33.4 Å². The van der Waals surface area contributed by atoms with E-state index in [2.05, 4.69) is 27.9 Å². The molecular weight excluding hydrogens is 415 g/mol. The van der Waals surface area contributed by atoms with E-state index in [-0.39, 0.29) is 17.9 Å². The number of nitrogens with one attached hydrogen (secondary N) is 1. The van der Waals surface area contributed by atoms with Crippen LogP contribution in [-0.2, 0) is 4.79 Å². The molecule has 1 aliphatic carbocycles. The molecule has 3 rings (SSSR count). The molecule has 1 saturated heterocycles. The zero-order chi connectivity index (χ0) is 16.9. The molecule has 0 radical (unpaired) electrons. The number of rotatable bonds is 3. The van der Waals surface area contributed by atoms with E-state index in [1.165, 1.54) is 19.3 Å². The number of amides is 2. The van der Waals surface area contributed by atoms with Crippen molar-refractivity contribution in [1.82, 2.24) is 10.2 Å². The quantitative estimate of drug-likeness (QED) is 0.731. The fourth-order valence-corrected chi connectivity index (χ4v) is 4.39. The third-order valence-electron chi connectivity index (χ3n) is 5.21. The van der Waals surface area contributed by atoms with Gasteiger partial charge in [-0.1, -0.05) is 31.4 Å². The molecule has 1 N–H and O–H groups in total. The lowest BCUT2D eigenvalue weighted by Gasteiger charge is -2.35. The topological polar surface area (TPSA) is 49.4 Å². The van der Waals surface area contributed by atoms with Crippen molar-refractivity contribution in [3.8, 4) is 0 Å². The Balaban J connectivity index is 1.49. The Morgan fingerprint density at radius 3 is 2.33 bits per heavy atom.